The summed E-state index contributed by atoms with van der Waals surface area (Å²) < 4.78 is 25.6. The number of benzene rings is 2. The van der Waals surface area contributed by atoms with Crippen LogP contribution < -0.4 is 10.6 Å². The van der Waals surface area contributed by atoms with Crippen molar-refractivity contribution in [1.82, 2.24) is 0 Å². The minimum Gasteiger partial charge on any atom is -0.348 e. The van der Waals surface area contributed by atoms with E-state index < -0.39 is 12.9 Å². The molecule has 0 spiro atoms. The van der Waals surface area contributed by atoms with Gasteiger partial charge in [0.25, 0.3) is 0 Å². The summed E-state index contributed by atoms with van der Waals surface area (Å²) in [7, 11) is -2.77. The van der Waals surface area contributed by atoms with Crippen LogP contribution in [0, 0.1) is 0 Å². The zero-order valence-corrected chi connectivity index (χ0v) is 14.5. The van der Waals surface area contributed by atoms with E-state index in [1.165, 1.54) is 0 Å². The summed E-state index contributed by atoms with van der Waals surface area (Å²) in [5, 5.41) is 1.78. The highest BCUT2D eigenvalue weighted by atomic mass is 31.2. The Morgan fingerprint density at radius 1 is 0.957 bits per heavy atom. The van der Waals surface area contributed by atoms with Gasteiger partial charge >= 0.3 is 0 Å². The largest absolute Gasteiger partial charge is 0.348 e. The molecule has 23 heavy (non-hydrogen) atoms. The van der Waals surface area contributed by atoms with Gasteiger partial charge in [0.2, 0.25) is 0 Å². The van der Waals surface area contributed by atoms with Crippen molar-refractivity contribution < 1.29 is 14.0 Å². The first-order valence-corrected chi connectivity index (χ1v) is 9.81. The Balaban J connectivity index is 2.00. The quantitative estimate of drug-likeness (QED) is 0.787. The van der Waals surface area contributed by atoms with E-state index in [2.05, 4.69) is 0 Å². The Labute approximate surface area is 138 Å². The SMILES string of the molecule is CC(CC1(C)OCCO1)P(=O)(c1ccccc1)c1ccccc1. The van der Waals surface area contributed by atoms with E-state index in [0.29, 0.717) is 19.6 Å². The first-order valence-electron chi connectivity index (χ1n) is 8.03. The predicted molar refractivity (Wildman–Crippen MR) is 94.1 cm³/mol. The van der Waals surface area contributed by atoms with Gasteiger partial charge in [-0.2, -0.15) is 0 Å². The van der Waals surface area contributed by atoms with Crippen LogP contribution in [0.2, 0.25) is 0 Å². The molecule has 0 aliphatic carbocycles. The summed E-state index contributed by atoms with van der Waals surface area (Å²) in [6, 6.07) is 19.5. The van der Waals surface area contributed by atoms with Gasteiger partial charge in [0.1, 0.15) is 7.14 Å². The molecule has 0 aromatic heterocycles. The van der Waals surface area contributed by atoms with E-state index in [0.717, 1.165) is 10.6 Å². The summed E-state index contributed by atoms with van der Waals surface area (Å²) in [6.07, 6.45) is 0.605. The Bertz CT molecular complexity index is 635. The highest BCUT2D eigenvalue weighted by Gasteiger charge is 2.41. The van der Waals surface area contributed by atoms with Crippen LogP contribution >= 0.6 is 7.14 Å². The third kappa shape index (κ3) is 3.28. The molecule has 2 aromatic carbocycles. The van der Waals surface area contributed by atoms with Gasteiger partial charge in [0.15, 0.2) is 5.79 Å². The molecular weight excluding hydrogens is 307 g/mol. The first-order chi connectivity index (χ1) is 11.0. The van der Waals surface area contributed by atoms with Crippen molar-refractivity contribution in [3.63, 3.8) is 0 Å². The number of hydrogen-bond donors (Lipinski definition) is 0. The monoisotopic (exact) mass is 330 g/mol. The molecule has 4 heteroatoms. The smallest absolute Gasteiger partial charge is 0.166 e. The average molecular weight is 330 g/mol. The van der Waals surface area contributed by atoms with Crippen molar-refractivity contribution in [3.05, 3.63) is 60.7 Å². The zero-order chi connectivity index (χ0) is 16.3. The van der Waals surface area contributed by atoms with Gasteiger partial charge in [0.05, 0.1) is 13.2 Å². The second-order valence-electron chi connectivity index (χ2n) is 6.21. The summed E-state index contributed by atoms with van der Waals surface area (Å²) in [5.74, 6) is -0.640. The maximum atomic E-state index is 14.1. The fourth-order valence-electron chi connectivity index (χ4n) is 3.30. The number of ether oxygens (including phenoxy) is 2. The van der Waals surface area contributed by atoms with Gasteiger partial charge in [-0.25, -0.2) is 0 Å². The van der Waals surface area contributed by atoms with E-state index in [1.807, 2.05) is 74.5 Å². The van der Waals surface area contributed by atoms with Crippen LogP contribution in [0.3, 0.4) is 0 Å². The summed E-state index contributed by atoms with van der Waals surface area (Å²) in [6.45, 7) is 5.18. The van der Waals surface area contributed by atoms with Crippen LogP contribution in [-0.4, -0.2) is 24.7 Å². The van der Waals surface area contributed by atoms with Crippen molar-refractivity contribution in [2.75, 3.05) is 13.2 Å². The Kier molecular flexibility index (Phi) is 4.72. The van der Waals surface area contributed by atoms with Gasteiger partial charge in [-0.1, -0.05) is 67.6 Å². The zero-order valence-electron chi connectivity index (χ0n) is 13.6. The third-order valence-electron chi connectivity index (χ3n) is 4.46. The van der Waals surface area contributed by atoms with Crippen molar-refractivity contribution in [2.24, 2.45) is 0 Å². The molecule has 1 fully saturated rings. The molecular formula is C19H23O3P. The van der Waals surface area contributed by atoms with Crippen LogP contribution in [0.15, 0.2) is 60.7 Å². The fraction of sp³-hybridized carbons (Fsp3) is 0.368. The maximum absolute atomic E-state index is 14.1. The Morgan fingerprint density at radius 2 is 1.39 bits per heavy atom. The lowest BCUT2D eigenvalue weighted by Crippen LogP contribution is -2.34. The van der Waals surface area contributed by atoms with E-state index in [1.54, 1.807) is 0 Å². The molecule has 0 N–H and O–H groups in total. The molecule has 122 valence electrons. The second-order valence-corrected chi connectivity index (χ2v) is 9.44. The van der Waals surface area contributed by atoms with Crippen LogP contribution in [0.4, 0.5) is 0 Å². The highest BCUT2D eigenvalue weighted by molar-refractivity contribution is 7.79. The molecule has 0 amide bonds. The molecule has 1 unspecified atom stereocenters. The topological polar surface area (TPSA) is 35.5 Å². The van der Waals surface area contributed by atoms with E-state index >= 15 is 0 Å². The van der Waals surface area contributed by atoms with E-state index in [-0.39, 0.29) is 5.66 Å². The second kappa shape index (κ2) is 6.60. The van der Waals surface area contributed by atoms with Crippen LogP contribution in [0.1, 0.15) is 20.3 Å². The van der Waals surface area contributed by atoms with Gasteiger partial charge < -0.3 is 14.0 Å². The third-order valence-corrected chi connectivity index (χ3v) is 8.02. The molecule has 1 atom stereocenters. The molecule has 0 radical (unpaired) electrons. The maximum Gasteiger partial charge on any atom is 0.166 e. The minimum atomic E-state index is -2.77. The van der Waals surface area contributed by atoms with Gasteiger partial charge in [-0.15, -0.1) is 0 Å². The number of rotatable bonds is 5. The lowest BCUT2D eigenvalue weighted by Gasteiger charge is -2.31. The predicted octanol–water partition coefficient (Wildman–Crippen LogP) is 3.54. The van der Waals surface area contributed by atoms with Gasteiger partial charge in [0, 0.05) is 22.7 Å². The minimum absolute atomic E-state index is 0.0737. The lowest BCUT2D eigenvalue weighted by molar-refractivity contribution is -0.146. The van der Waals surface area contributed by atoms with Crippen molar-refractivity contribution >= 4 is 17.8 Å². The Morgan fingerprint density at radius 3 is 1.83 bits per heavy atom. The normalized spacial score (nSPS) is 18.7. The fourth-order valence-corrected chi connectivity index (χ4v) is 6.43. The van der Waals surface area contributed by atoms with E-state index in [9.17, 15) is 4.57 Å². The molecule has 1 aliphatic rings. The van der Waals surface area contributed by atoms with Crippen LogP contribution in [0.5, 0.6) is 0 Å². The molecule has 2 aromatic rings. The molecule has 0 saturated carbocycles. The summed E-state index contributed by atoms with van der Waals surface area (Å²) >= 11 is 0. The summed E-state index contributed by atoms with van der Waals surface area (Å²) in [5.41, 5.74) is -0.0737. The molecule has 3 rings (SSSR count). The molecule has 0 bridgehead atoms. The van der Waals surface area contributed by atoms with Gasteiger partial charge in [-0.3, -0.25) is 0 Å². The molecule has 1 heterocycles. The standard InChI is InChI=1S/C19H23O3P/c1-16(15-19(2)21-13-14-22-19)23(20,17-9-5-3-6-10-17)18-11-7-4-8-12-18/h3-12,16H,13-15H2,1-2H3. The lowest BCUT2D eigenvalue weighted by atomic mass is 10.2. The van der Waals surface area contributed by atoms with Crippen LogP contribution in [-0.2, 0) is 14.0 Å². The highest BCUT2D eigenvalue weighted by Crippen LogP contribution is 2.51. The van der Waals surface area contributed by atoms with Crippen molar-refractivity contribution in [2.45, 2.75) is 31.7 Å². The molecule has 1 saturated heterocycles. The van der Waals surface area contributed by atoms with Crippen molar-refractivity contribution in [3.8, 4) is 0 Å². The van der Waals surface area contributed by atoms with Crippen molar-refractivity contribution in [1.29, 1.82) is 0 Å². The van der Waals surface area contributed by atoms with Gasteiger partial charge in [-0.05, 0) is 6.92 Å². The average Bonchev–Trinajstić information content (AvgIpc) is 3.01. The summed E-state index contributed by atoms with van der Waals surface area (Å²) in [4.78, 5) is 0. The first kappa shape index (κ1) is 16.4. The number of hydrogen-bond acceptors (Lipinski definition) is 3. The molecule has 1 aliphatic heterocycles. The Hall–Kier alpha value is -1.41. The van der Waals surface area contributed by atoms with E-state index in [4.69, 9.17) is 9.47 Å². The molecule has 3 nitrogen and oxygen atoms in total. The van der Waals surface area contributed by atoms with Crippen LogP contribution in [0.25, 0.3) is 0 Å².